The average Bonchev–Trinajstić information content (AvgIpc) is 3.13. The molecule has 1 aliphatic heterocycles. The predicted molar refractivity (Wildman–Crippen MR) is 96.1 cm³/mol. The van der Waals surface area contributed by atoms with Crippen LogP contribution >= 0.6 is 0 Å². The molecular formula is C18H20N2O6S. The number of benzene rings is 1. The van der Waals surface area contributed by atoms with Gasteiger partial charge in [-0.1, -0.05) is 17.7 Å². The number of hydrogen-bond donors (Lipinski definition) is 2. The monoisotopic (exact) mass is 392 g/mol. The van der Waals surface area contributed by atoms with Gasteiger partial charge in [-0.25, -0.2) is 13.2 Å². The molecule has 0 atom stereocenters. The first-order chi connectivity index (χ1) is 12.8. The first kappa shape index (κ1) is 19.1. The van der Waals surface area contributed by atoms with Crippen molar-refractivity contribution in [3.8, 4) is 0 Å². The van der Waals surface area contributed by atoms with Crippen molar-refractivity contribution in [2.45, 2.75) is 30.7 Å². The van der Waals surface area contributed by atoms with Crippen LogP contribution in [0.1, 0.15) is 39.5 Å². The molecule has 0 spiro atoms. The molecule has 1 fully saturated rings. The van der Waals surface area contributed by atoms with Gasteiger partial charge in [0, 0.05) is 19.1 Å². The molecule has 0 radical (unpaired) electrons. The van der Waals surface area contributed by atoms with Crippen molar-refractivity contribution < 1.29 is 27.5 Å². The van der Waals surface area contributed by atoms with E-state index in [2.05, 4.69) is 5.32 Å². The van der Waals surface area contributed by atoms with E-state index >= 15 is 0 Å². The van der Waals surface area contributed by atoms with Gasteiger partial charge in [0.2, 0.25) is 15.8 Å². The number of aryl methyl sites for hydroxylation is 1. The number of furan rings is 1. The molecule has 3 rings (SSSR count). The van der Waals surface area contributed by atoms with Crippen LogP contribution < -0.4 is 5.32 Å². The maximum absolute atomic E-state index is 12.7. The molecule has 2 N–H and O–H groups in total. The summed E-state index contributed by atoms with van der Waals surface area (Å²) in [5, 5.41) is 11.6. The summed E-state index contributed by atoms with van der Waals surface area (Å²) in [6.45, 7) is 2.47. The number of rotatable bonds is 5. The van der Waals surface area contributed by atoms with Crippen LogP contribution in [-0.2, 0) is 10.0 Å². The summed E-state index contributed by atoms with van der Waals surface area (Å²) in [7, 11) is -3.55. The number of carboxylic acid groups (broad SMARTS) is 1. The summed E-state index contributed by atoms with van der Waals surface area (Å²) >= 11 is 0. The first-order valence-electron chi connectivity index (χ1n) is 8.48. The van der Waals surface area contributed by atoms with Crippen molar-refractivity contribution in [2.24, 2.45) is 0 Å². The van der Waals surface area contributed by atoms with Crippen molar-refractivity contribution in [2.75, 3.05) is 13.1 Å². The zero-order chi connectivity index (χ0) is 19.6. The summed E-state index contributed by atoms with van der Waals surface area (Å²) in [6, 6.07) is 9.01. The quantitative estimate of drug-likeness (QED) is 0.802. The van der Waals surface area contributed by atoms with Gasteiger partial charge < -0.3 is 14.8 Å². The third-order valence-corrected chi connectivity index (χ3v) is 6.40. The highest BCUT2D eigenvalue weighted by molar-refractivity contribution is 7.89. The van der Waals surface area contributed by atoms with Gasteiger partial charge in [0.25, 0.3) is 5.91 Å². The maximum atomic E-state index is 12.7. The van der Waals surface area contributed by atoms with E-state index in [4.69, 9.17) is 9.52 Å². The fourth-order valence-corrected chi connectivity index (χ4v) is 4.40. The Balaban J connectivity index is 1.59. The van der Waals surface area contributed by atoms with Gasteiger partial charge in [0.05, 0.1) is 4.90 Å². The minimum absolute atomic E-state index is 0.0814. The van der Waals surface area contributed by atoms with Crippen molar-refractivity contribution in [3.63, 3.8) is 0 Å². The Morgan fingerprint density at radius 2 is 1.67 bits per heavy atom. The van der Waals surface area contributed by atoms with Gasteiger partial charge in [-0.05, 0) is 44.0 Å². The van der Waals surface area contributed by atoms with Crippen LogP contribution in [0.25, 0.3) is 0 Å². The molecule has 8 nitrogen and oxygen atoms in total. The van der Waals surface area contributed by atoms with Crippen molar-refractivity contribution in [1.82, 2.24) is 9.62 Å². The van der Waals surface area contributed by atoms with Crippen LogP contribution in [0.5, 0.6) is 0 Å². The third kappa shape index (κ3) is 4.20. The summed E-state index contributed by atoms with van der Waals surface area (Å²) in [6.07, 6.45) is 0.923. The SMILES string of the molecule is Cc1ccc(S(=O)(=O)N2CCC(NC(=O)c3ccc(C(=O)O)o3)CC2)cc1. The molecule has 0 saturated carbocycles. The number of nitrogens with zero attached hydrogens (tertiary/aromatic N) is 1. The normalized spacial score (nSPS) is 16.2. The van der Waals surface area contributed by atoms with Gasteiger partial charge in [-0.3, -0.25) is 4.79 Å². The molecule has 0 bridgehead atoms. The van der Waals surface area contributed by atoms with Crippen LogP contribution in [0.3, 0.4) is 0 Å². The van der Waals surface area contributed by atoms with E-state index in [1.807, 2.05) is 6.92 Å². The van der Waals surface area contributed by atoms with E-state index in [9.17, 15) is 18.0 Å². The number of carbonyl (C=O) groups excluding carboxylic acids is 1. The van der Waals surface area contributed by atoms with E-state index in [0.29, 0.717) is 25.9 Å². The second-order valence-electron chi connectivity index (χ2n) is 6.43. The second kappa shape index (κ2) is 7.53. The lowest BCUT2D eigenvalue weighted by Gasteiger charge is -2.31. The molecule has 1 aromatic heterocycles. The Morgan fingerprint density at radius 3 is 2.22 bits per heavy atom. The topological polar surface area (TPSA) is 117 Å². The standard InChI is InChI=1S/C18H20N2O6S/c1-12-2-4-14(5-3-12)27(24,25)20-10-8-13(9-11-20)19-17(21)15-6-7-16(26-15)18(22)23/h2-7,13H,8-11H2,1H3,(H,19,21)(H,22,23). The van der Waals surface area contributed by atoms with Gasteiger partial charge >= 0.3 is 5.97 Å². The van der Waals surface area contributed by atoms with Gasteiger partial charge in [-0.15, -0.1) is 0 Å². The lowest BCUT2D eigenvalue weighted by atomic mass is 10.1. The number of carboxylic acids is 1. The van der Waals surface area contributed by atoms with Crippen LogP contribution in [0, 0.1) is 6.92 Å². The van der Waals surface area contributed by atoms with Crippen molar-refractivity contribution in [1.29, 1.82) is 0 Å². The molecule has 0 unspecified atom stereocenters. The number of carbonyl (C=O) groups is 2. The highest BCUT2D eigenvalue weighted by Crippen LogP contribution is 2.21. The zero-order valence-electron chi connectivity index (χ0n) is 14.7. The van der Waals surface area contributed by atoms with E-state index < -0.39 is 21.9 Å². The highest BCUT2D eigenvalue weighted by atomic mass is 32.2. The summed E-state index contributed by atoms with van der Waals surface area (Å²) in [4.78, 5) is 23.2. The lowest BCUT2D eigenvalue weighted by Crippen LogP contribution is -2.46. The zero-order valence-corrected chi connectivity index (χ0v) is 15.5. The van der Waals surface area contributed by atoms with E-state index in [-0.39, 0.29) is 22.5 Å². The van der Waals surface area contributed by atoms with E-state index in [1.165, 1.54) is 16.4 Å². The molecule has 2 heterocycles. The van der Waals surface area contributed by atoms with Crippen LogP contribution in [0.15, 0.2) is 45.7 Å². The Labute approximate surface area is 156 Å². The van der Waals surface area contributed by atoms with Gasteiger partial charge in [0.1, 0.15) is 0 Å². The van der Waals surface area contributed by atoms with Crippen LogP contribution in [0.2, 0.25) is 0 Å². The maximum Gasteiger partial charge on any atom is 0.371 e. The number of nitrogens with one attached hydrogen (secondary N) is 1. The van der Waals surface area contributed by atoms with Crippen LogP contribution in [-0.4, -0.2) is 48.8 Å². The smallest absolute Gasteiger partial charge is 0.371 e. The molecule has 1 aliphatic rings. The van der Waals surface area contributed by atoms with Gasteiger partial charge in [0.15, 0.2) is 5.76 Å². The number of hydrogen-bond acceptors (Lipinski definition) is 5. The Kier molecular flexibility index (Phi) is 5.33. The fourth-order valence-electron chi connectivity index (χ4n) is 2.93. The second-order valence-corrected chi connectivity index (χ2v) is 8.37. The average molecular weight is 392 g/mol. The van der Waals surface area contributed by atoms with Crippen molar-refractivity contribution in [3.05, 3.63) is 53.5 Å². The molecule has 1 saturated heterocycles. The Bertz CT molecular complexity index is 940. The Morgan fingerprint density at radius 1 is 1.07 bits per heavy atom. The minimum atomic E-state index is -3.55. The highest BCUT2D eigenvalue weighted by Gasteiger charge is 2.30. The Hall–Kier alpha value is -2.65. The largest absolute Gasteiger partial charge is 0.475 e. The summed E-state index contributed by atoms with van der Waals surface area (Å²) in [5.74, 6) is -2.15. The molecule has 144 valence electrons. The molecule has 1 aromatic carbocycles. The van der Waals surface area contributed by atoms with Crippen molar-refractivity contribution >= 4 is 21.9 Å². The number of aromatic carboxylic acids is 1. The molecule has 1 amide bonds. The van der Waals surface area contributed by atoms with E-state index in [1.54, 1.807) is 24.3 Å². The molecule has 0 aliphatic carbocycles. The lowest BCUT2D eigenvalue weighted by molar-refractivity contribution is 0.0659. The third-order valence-electron chi connectivity index (χ3n) is 4.49. The fraction of sp³-hybridized carbons (Fsp3) is 0.333. The summed E-state index contributed by atoms with van der Waals surface area (Å²) in [5.41, 5.74) is 0.986. The molecular weight excluding hydrogens is 372 g/mol. The summed E-state index contributed by atoms with van der Waals surface area (Å²) < 4.78 is 31.8. The molecule has 9 heteroatoms. The number of piperidine rings is 1. The van der Waals surface area contributed by atoms with Gasteiger partial charge in [-0.2, -0.15) is 4.31 Å². The molecule has 2 aromatic rings. The molecule has 27 heavy (non-hydrogen) atoms. The first-order valence-corrected chi connectivity index (χ1v) is 9.92. The minimum Gasteiger partial charge on any atom is -0.475 e. The number of amides is 1. The van der Waals surface area contributed by atoms with Crippen LogP contribution in [0.4, 0.5) is 0 Å². The number of sulfonamides is 1. The predicted octanol–water partition coefficient (Wildman–Crippen LogP) is 1.87. The van der Waals surface area contributed by atoms with E-state index in [0.717, 1.165) is 5.56 Å².